The molecule has 0 radical (unpaired) electrons. The van der Waals surface area contributed by atoms with Crippen molar-refractivity contribution in [2.45, 2.75) is 13.0 Å². The largest absolute Gasteiger partial charge is 0.378 e. The lowest BCUT2D eigenvalue weighted by atomic mass is 10.1. The number of nitrogens with one attached hydrogen (secondary N) is 1. The van der Waals surface area contributed by atoms with Crippen molar-refractivity contribution in [2.24, 2.45) is 0 Å². The van der Waals surface area contributed by atoms with Crippen LogP contribution in [0.3, 0.4) is 0 Å². The molecule has 1 unspecified atom stereocenters. The Labute approximate surface area is 131 Å². The van der Waals surface area contributed by atoms with E-state index in [0.29, 0.717) is 5.02 Å². The van der Waals surface area contributed by atoms with E-state index in [-0.39, 0.29) is 6.04 Å². The average molecular weight is 392 g/mol. The maximum Gasteiger partial charge on any atom is 0.0500 e. The summed E-state index contributed by atoms with van der Waals surface area (Å²) in [5.74, 6) is 0. The lowest BCUT2D eigenvalue weighted by molar-refractivity contribution is 0.885. The van der Waals surface area contributed by atoms with Crippen LogP contribution in [0.15, 0.2) is 42.5 Å². The Morgan fingerprint density at radius 1 is 1.11 bits per heavy atom. The summed E-state index contributed by atoms with van der Waals surface area (Å²) in [4.78, 5) is 0. The van der Waals surface area contributed by atoms with Crippen molar-refractivity contribution in [1.29, 1.82) is 0 Å². The van der Waals surface area contributed by atoms with Gasteiger partial charge in [-0.1, -0.05) is 29.3 Å². The molecule has 2 rings (SSSR count). The highest BCUT2D eigenvalue weighted by atomic mass is 127. The first-order chi connectivity index (χ1) is 8.56. The minimum Gasteiger partial charge on any atom is -0.378 e. The Kier molecular flexibility index (Phi) is 4.76. The smallest absolute Gasteiger partial charge is 0.0500 e. The summed E-state index contributed by atoms with van der Waals surface area (Å²) in [7, 11) is 0. The zero-order chi connectivity index (χ0) is 13.1. The van der Waals surface area contributed by atoms with E-state index >= 15 is 0 Å². The van der Waals surface area contributed by atoms with Crippen molar-refractivity contribution in [2.75, 3.05) is 5.32 Å². The normalized spacial score (nSPS) is 12.2. The third kappa shape index (κ3) is 3.53. The summed E-state index contributed by atoms with van der Waals surface area (Å²) < 4.78 is 1.20. The van der Waals surface area contributed by atoms with Gasteiger partial charge >= 0.3 is 0 Å². The van der Waals surface area contributed by atoms with Gasteiger partial charge in [-0.3, -0.25) is 0 Å². The number of rotatable bonds is 3. The van der Waals surface area contributed by atoms with Crippen molar-refractivity contribution in [3.8, 4) is 0 Å². The fraction of sp³-hybridized carbons (Fsp3) is 0.143. The fourth-order valence-electron chi connectivity index (χ4n) is 1.75. The number of hydrogen-bond donors (Lipinski definition) is 1. The molecule has 2 aromatic carbocycles. The molecule has 0 amide bonds. The molecule has 94 valence electrons. The van der Waals surface area contributed by atoms with Gasteiger partial charge in [0.25, 0.3) is 0 Å². The maximum absolute atomic E-state index is 6.19. The maximum atomic E-state index is 6.19. The molecular weight excluding hydrogens is 380 g/mol. The second-order valence-electron chi connectivity index (χ2n) is 4.04. The first kappa shape index (κ1) is 14.0. The SMILES string of the molecule is CC(Nc1cccc(I)c1)c1cc(Cl)ccc1Cl. The van der Waals surface area contributed by atoms with Gasteiger partial charge in [0.15, 0.2) is 0 Å². The molecule has 0 saturated heterocycles. The molecule has 0 aliphatic rings. The summed E-state index contributed by atoms with van der Waals surface area (Å²) in [5.41, 5.74) is 2.08. The summed E-state index contributed by atoms with van der Waals surface area (Å²) in [5, 5.41) is 4.85. The van der Waals surface area contributed by atoms with E-state index < -0.39 is 0 Å². The van der Waals surface area contributed by atoms with E-state index in [1.807, 2.05) is 24.3 Å². The quantitative estimate of drug-likeness (QED) is 0.654. The van der Waals surface area contributed by atoms with Gasteiger partial charge in [-0.05, 0) is 71.5 Å². The number of anilines is 1. The highest BCUT2D eigenvalue weighted by Crippen LogP contribution is 2.28. The van der Waals surface area contributed by atoms with Crippen LogP contribution >= 0.6 is 45.8 Å². The molecule has 0 aromatic heterocycles. The van der Waals surface area contributed by atoms with Crippen LogP contribution in [0.1, 0.15) is 18.5 Å². The molecule has 1 N–H and O–H groups in total. The first-order valence-electron chi connectivity index (χ1n) is 5.53. The molecule has 1 nitrogen and oxygen atoms in total. The van der Waals surface area contributed by atoms with E-state index in [1.165, 1.54) is 3.57 Å². The summed E-state index contributed by atoms with van der Waals surface area (Å²) in [6.45, 7) is 2.07. The molecule has 1 atom stereocenters. The molecule has 0 spiro atoms. The number of benzene rings is 2. The third-order valence-electron chi connectivity index (χ3n) is 2.63. The van der Waals surface area contributed by atoms with Crippen molar-refractivity contribution in [3.63, 3.8) is 0 Å². The lowest BCUT2D eigenvalue weighted by Crippen LogP contribution is -2.07. The van der Waals surface area contributed by atoms with Crippen LogP contribution in [0.25, 0.3) is 0 Å². The van der Waals surface area contributed by atoms with Crippen molar-refractivity contribution < 1.29 is 0 Å². The van der Waals surface area contributed by atoms with Gasteiger partial charge in [-0.2, -0.15) is 0 Å². The van der Waals surface area contributed by atoms with E-state index in [0.717, 1.165) is 16.3 Å². The minimum atomic E-state index is 0.106. The van der Waals surface area contributed by atoms with Crippen LogP contribution in [0.5, 0.6) is 0 Å². The molecular formula is C14H12Cl2IN. The Balaban J connectivity index is 2.21. The average Bonchev–Trinajstić information content (AvgIpc) is 2.32. The van der Waals surface area contributed by atoms with Crippen LogP contribution in [0.4, 0.5) is 5.69 Å². The standard InChI is InChI=1S/C14H12Cl2IN/c1-9(13-7-10(15)5-6-14(13)16)18-12-4-2-3-11(17)8-12/h2-9,18H,1H3. The third-order valence-corrected chi connectivity index (χ3v) is 3.88. The van der Waals surface area contributed by atoms with Crippen LogP contribution in [0, 0.1) is 3.57 Å². The van der Waals surface area contributed by atoms with Crippen LogP contribution in [0.2, 0.25) is 10.0 Å². The van der Waals surface area contributed by atoms with Crippen molar-refractivity contribution in [3.05, 3.63) is 61.6 Å². The van der Waals surface area contributed by atoms with Crippen LogP contribution < -0.4 is 5.32 Å². The molecule has 18 heavy (non-hydrogen) atoms. The monoisotopic (exact) mass is 391 g/mol. The molecule has 0 aliphatic carbocycles. The van der Waals surface area contributed by atoms with Gasteiger partial charge in [0.2, 0.25) is 0 Å². The highest BCUT2D eigenvalue weighted by Gasteiger charge is 2.10. The lowest BCUT2D eigenvalue weighted by Gasteiger charge is -2.17. The summed E-state index contributed by atoms with van der Waals surface area (Å²) in [6, 6.07) is 13.8. The second kappa shape index (κ2) is 6.13. The van der Waals surface area contributed by atoms with Crippen LogP contribution in [-0.4, -0.2) is 0 Å². The topological polar surface area (TPSA) is 12.0 Å². The molecule has 0 heterocycles. The Morgan fingerprint density at radius 2 is 1.89 bits per heavy atom. The Hall–Kier alpha value is -0.450. The minimum absolute atomic E-state index is 0.106. The molecule has 0 saturated carbocycles. The molecule has 4 heteroatoms. The highest BCUT2D eigenvalue weighted by molar-refractivity contribution is 14.1. The second-order valence-corrected chi connectivity index (χ2v) is 6.13. The Bertz CT molecular complexity index is 557. The van der Waals surface area contributed by atoms with Gasteiger partial charge in [0, 0.05) is 19.3 Å². The van der Waals surface area contributed by atoms with E-state index in [1.54, 1.807) is 6.07 Å². The van der Waals surface area contributed by atoms with E-state index in [2.05, 4.69) is 47.0 Å². The molecule has 0 fully saturated rings. The van der Waals surface area contributed by atoms with E-state index in [4.69, 9.17) is 23.2 Å². The fourth-order valence-corrected chi connectivity index (χ4v) is 2.76. The van der Waals surface area contributed by atoms with Crippen molar-refractivity contribution >= 4 is 51.5 Å². The van der Waals surface area contributed by atoms with Crippen LogP contribution in [-0.2, 0) is 0 Å². The zero-order valence-electron chi connectivity index (χ0n) is 9.75. The summed E-state index contributed by atoms with van der Waals surface area (Å²) in [6.07, 6.45) is 0. The van der Waals surface area contributed by atoms with Gasteiger partial charge in [-0.15, -0.1) is 0 Å². The molecule has 0 aliphatic heterocycles. The van der Waals surface area contributed by atoms with Gasteiger partial charge in [-0.25, -0.2) is 0 Å². The molecule has 0 bridgehead atoms. The van der Waals surface area contributed by atoms with Gasteiger partial charge in [0.05, 0.1) is 6.04 Å². The predicted molar refractivity (Wildman–Crippen MR) is 87.7 cm³/mol. The van der Waals surface area contributed by atoms with Crippen molar-refractivity contribution in [1.82, 2.24) is 0 Å². The number of hydrogen-bond acceptors (Lipinski definition) is 1. The van der Waals surface area contributed by atoms with Gasteiger partial charge < -0.3 is 5.32 Å². The Morgan fingerprint density at radius 3 is 2.61 bits per heavy atom. The predicted octanol–water partition coefficient (Wildman–Crippen LogP) is 5.77. The number of halogens is 3. The summed E-state index contributed by atoms with van der Waals surface area (Å²) >= 11 is 14.5. The van der Waals surface area contributed by atoms with Gasteiger partial charge in [0.1, 0.15) is 0 Å². The zero-order valence-corrected chi connectivity index (χ0v) is 13.4. The van der Waals surface area contributed by atoms with E-state index in [9.17, 15) is 0 Å². The first-order valence-corrected chi connectivity index (χ1v) is 7.37. The molecule has 2 aromatic rings.